The first-order valence-corrected chi connectivity index (χ1v) is 1.11. The molecule has 11 heavy (non-hydrogen) atoms. The van der Waals surface area contributed by atoms with Gasteiger partial charge >= 0.3 is 11.9 Å². The molecule has 0 atom stereocenters. The molecule has 76 valence electrons. The van der Waals surface area contributed by atoms with Crippen LogP contribution in [0.25, 0.3) is 0 Å². The van der Waals surface area contributed by atoms with E-state index in [0.717, 1.165) is 0 Å². The van der Waals surface area contributed by atoms with Gasteiger partial charge in [0.2, 0.25) is 0 Å². The Morgan fingerprint density at radius 3 is 1.00 bits per heavy atom. The van der Waals surface area contributed by atoms with E-state index in [0.29, 0.717) is 0 Å². The molecule has 0 saturated carbocycles. The molecule has 0 spiro atoms. The summed E-state index contributed by atoms with van der Waals surface area (Å²) in [6.45, 7) is 0. The van der Waals surface area contributed by atoms with Gasteiger partial charge in [-0.05, 0) is 0 Å². The van der Waals surface area contributed by atoms with Crippen LogP contribution in [0.1, 0.15) is 0 Å². The summed E-state index contributed by atoms with van der Waals surface area (Å²) < 4.78 is 0. The van der Waals surface area contributed by atoms with E-state index >= 15 is 0 Å². The van der Waals surface area contributed by atoms with Gasteiger partial charge in [-0.25, -0.2) is 9.59 Å². The van der Waals surface area contributed by atoms with Crippen LogP contribution >= 0.6 is 0 Å². The molecule has 0 aromatic rings. The third-order valence-corrected chi connectivity index (χ3v) is 0.183. The Kier molecular flexibility index (Phi) is 86.4. The summed E-state index contributed by atoms with van der Waals surface area (Å²) in [7, 11) is 0. The van der Waals surface area contributed by atoms with Gasteiger partial charge in [0.25, 0.3) is 0 Å². The van der Waals surface area contributed by atoms with Crippen LogP contribution in [-0.4, -0.2) is 33.1 Å². The number of carboxylic acids is 2. The number of hydrogen-bond donors (Lipinski definition) is 2. The summed E-state index contributed by atoms with van der Waals surface area (Å²) in [4.78, 5) is 18.2. The molecule has 9 heteroatoms. The predicted octanol–water partition coefficient (Wildman–Crippen LogP) is -2.50. The summed E-state index contributed by atoms with van der Waals surface area (Å²) in [5.74, 6) is -3.65. The van der Waals surface area contributed by atoms with Gasteiger partial charge in [-0.2, -0.15) is 0 Å². The normalized spacial score (nSPS) is 4.00. The average molecular weight is 299 g/mol. The molecule has 6 nitrogen and oxygen atoms in total. The van der Waals surface area contributed by atoms with E-state index in [1.807, 2.05) is 0 Å². The zero-order valence-corrected chi connectivity index (χ0v) is 7.95. The Morgan fingerprint density at radius 2 is 1.00 bits per heavy atom. The molecule has 0 aliphatic rings. The molecule has 6 N–H and O–H groups in total. The van der Waals surface area contributed by atoms with Crippen LogP contribution in [0.3, 0.4) is 0 Å². The fraction of sp³-hybridized carbons (Fsp3) is 0. The molecule has 0 unspecified atom stereocenters. The molecule has 2 radical (unpaired) electrons. The summed E-state index contributed by atoms with van der Waals surface area (Å²) >= 11 is 0. The summed E-state index contributed by atoms with van der Waals surface area (Å²) in [5.41, 5.74) is 0. The van der Waals surface area contributed by atoms with Crippen molar-refractivity contribution < 1.29 is 81.1 Å². The molecular formula is C2H6CoMnNiO6. The van der Waals surface area contributed by atoms with E-state index in [9.17, 15) is 0 Å². The van der Waals surface area contributed by atoms with Crippen LogP contribution in [0, 0.1) is 0 Å². The molecule has 0 aliphatic carbocycles. The van der Waals surface area contributed by atoms with Crippen LogP contribution in [-0.2, 0) is 59.9 Å². The summed E-state index contributed by atoms with van der Waals surface area (Å²) in [6, 6.07) is 0. The Morgan fingerprint density at radius 1 is 0.909 bits per heavy atom. The maximum Gasteiger partial charge on any atom is 0.414 e. The van der Waals surface area contributed by atoms with E-state index in [1.165, 1.54) is 0 Å². The Hall–Kier alpha value is 0.379. The molecule has 0 aliphatic heterocycles. The molecule has 0 rings (SSSR count). The number of hydrogen-bond acceptors (Lipinski definition) is 2. The molecule has 0 aromatic carbocycles. The SMILES string of the molecule is O.O.O=C(O)C(=O)O.[Co].[Mn].[Ni]. The van der Waals surface area contributed by atoms with Gasteiger partial charge in [-0.1, -0.05) is 0 Å². The maximum absolute atomic E-state index is 9.10. The third-order valence-electron chi connectivity index (χ3n) is 0.183. The summed E-state index contributed by atoms with van der Waals surface area (Å²) in [5, 5.41) is 14.8. The van der Waals surface area contributed by atoms with E-state index in [-0.39, 0.29) is 61.3 Å². The van der Waals surface area contributed by atoms with Crippen LogP contribution in [0.5, 0.6) is 0 Å². The Bertz CT molecular complexity index is 86.6. The van der Waals surface area contributed by atoms with Crippen molar-refractivity contribution in [3.63, 3.8) is 0 Å². The summed E-state index contributed by atoms with van der Waals surface area (Å²) in [6.07, 6.45) is 0. The molecule has 0 amide bonds. The van der Waals surface area contributed by atoms with Gasteiger partial charge in [0, 0.05) is 50.3 Å². The minimum Gasteiger partial charge on any atom is -0.473 e. The molecule has 0 bridgehead atoms. The van der Waals surface area contributed by atoms with Gasteiger partial charge < -0.3 is 21.2 Å². The van der Waals surface area contributed by atoms with E-state index in [1.54, 1.807) is 0 Å². The fourth-order valence-electron chi connectivity index (χ4n) is 0. The zero-order chi connectivity index (χ0) is 5.15. The average Bonchev–Trinajstić information content (AvgIpc) is 1.36. The maximum atomic E-state index is 9.10. The number of aliphatic carboxylic acids is 2. The van der Waals surface area contributed by atoms with Crippen LogP contribution in [0.2, 0.25) is 0 Å². The van der Waals surface area contributed by atoms with Gasteiger partial charge in [-0.3, -0.25) is 0 Å². The van der Waals surface area contributed by atoms with Crippen molar-refractivity contribution in [3.05, 3.63) is 0 Å². The van der Waals surface area contributed by atoms with Crippen molar-refractivity contribution in [1.82, 2.24) is 0 Å². The minimum atomic E-state index is -1.82. The van der Waals surface area contributed by atoms with Crippen molar-refractivity contribution in [2.45, 2.75) is 0 Å². The second-order valence-electron chi connectivity index (χ2n) is 0.610. The predicted molar refractivity (Wildman–Crippen MR) is 22.5 cm³/mol. The van der Waals surface area contributed by atoms with E-state index < -0.39 is 11.9 Å². The Balaban J connectivity index is -0.0000000125. The molecular weight excluding hydrogens is 293 g/mol. The van der Waals surface area contributed by atoms with Gasteiger partial charge in [0.15, 0.2) is 0 Å². The topological polar surface area (TPSA) is 138 Å². The second-order valence-corrected chi connectivity index (χ2v) is 0.610. The van der Waals surface area contributed by atoms with Crippen molar-refractivity contribution in [2.75, 3.05) is 0 Å². The van der Waals surface area contributed by atoms with Crippen molar-refractivity contribution in [1.29, 1.82) is 0 Å². The van der Waals surface area contributed by atoms with Gasteiger partial charge in [-0.15, -0.1) is 0 Å². The van der Waals surface area contributed by atoms with E-state index in [2.05, 4.69) is 0 Å². The first-order chi connectivity index (χ1) is 2.64. The van der Waals surface area contributed by atoms with Crippen LogP contribution in [0.15, 0.2) is 0 Å². The van der Waals surface area contributed by atoms with Crippen LogP contribution in [0.4, 0.5) is 0 Å². The first kappa shape index (κ1) is 42.4. The zero-order valence-electron chi connectivity index (χ0n) is 4.74. The van der Waals surface area contributed by atoms with Gasteiger partial charge in [0.05, 0.1) is 0 Å². The monoisotopic (exact) mass is 298 g/mol. The van der Waals surface area contributed by atoms with Crippen molar-refractivity contribution in [2.24, 2.45) is 0 Å². The number of rotatable bonds is 0. The quantitative estimate of drug-likeness (QED) is 0.377. The van der Waals surface area contributed by atoms with E-state index in [4.69, 9.17) is 19.8 Å². The number of carbonyl (C=O) groups is 2. The smallest absolute Gasteiger partial charge is 0.414 e. The number of carboxylic acid groups (broad SMARTS) is 2. The molecule has 0 saturated heterocycles. The molecule has 0 heterocycles. The fourth-order valence-corrected chi connectivity index (χ4v) is 0. The largest absolute Gasteiger partial charge is 0.473 e. The van der Waals surface area contributed by atoms with Crippen molar-refractivity contribution in [3.8, 4) is 0 Å². The van der Waals surface area contributed by atoms with Gasteiger partial charge in [0.1, 0.15) is 0 Å². The second kappa shape index (κ2) is 22.4. The molecule has 0 aromatic heterocycles. The van der Waals surface area contributed by atoms with Crippen LogP contribution < -0.4 is 0 Å². The van der Waals surface area contributed by atoms with Crippen molar-refractivity contribution >= 4 is 11.9 Å². The minimum absolute atomic E-state index is 0. The first-order valence-electron chi connectivity index (χ1n) is 1.11. The standard InChI is InChI=1S/C2H2O4.Co.Mn.Ni.2H2O/c3-1(4)2(5)6;;;;;/h(H,3,4)(H,5,6);;;;2*1H2. The third kappa shape index (κ3) is 38.0. The molecule has 0 fully saturated rings. The Labute approximate surface area is 92.9 Å².